The first-order valence-corrected chi connectivity index (χ1v) is 7.75. The van der Waals surface area contributed by atoms with Crippen LogP contribution >= 0.6 is 0 Å². The highest BCUT2D eigenvalue weighted by molar-refractivity contribution is 5.45. The molecule has 0 saturated carbocycles. The van der Waals surface area contributed by atoms with Gasteiger partial charge in [-0.1, -0.05) is 6.07 Å². The Morgan fingerprint density at radius 3 is 2.86 bits per heavy atom. The van der Waals surface area contributed by atoms with Crippen molar-refractivity contribution in [3.05, 3.63) is 29.3 Å². The molecule has 0 radical (unpaired) electrons. The Labute approximate surface area is 126 Å². The molecule has 2 N–H and O–H groups in total. The number of aliphatic hydroxyl groups is 2. The molecule has 1 heterocycles. The van der Waals surface area contributed by atoms with Crippen LogP contribution in [0.3, 0.4) is 0 Å². The van der Waals surface area contributed by atoms with Gasteiger partial charge in [-0.3, -0.25) is 0 Å². The molecule has 1 aromatic carbocycles. The first kappa shape index (κ1) is 14.8. The smallest absolute Gasteiger partial charge is 0.119 e. The molecule has 0 aromatic heterocycles. The number of benzene rings is 1. The van der Waals surface area contributed by atoms with Gasteiger partial charge in [-0.05, 0) is 62.0 Å². The van der Waals surface area contributed by atoms with Crippen molar-refractivity contribution in [2.24, 2.45) is 5.92 Å². The number of likely N-dealkylation sites (tertiary alicyclic amines) is 1. The highest BCUT2D eigenvalue weighted by Gasteiger charge is 2.51. The zero-order valence-corrected chi connectivity index (χ0v) is 12.9. The second kappa shape index (κ2) is 5.59. The SMILES string of the molecule is COc1ccc2c(c1)C1(CO)CCN(C)C(C2)[C@H]1CCO. The number of hydrogen-bond acceptors (Lipinski definition) is 4. The van der Waals surface area contributed by atoms with E-state index in [1.54, 1.807) is 7.11 Å². The number of ether oxygens (including phenoxy) is 1. The summed E-state index contributed by atoms with van der Waals surface area (Å²) in [6, 6.07) is 6.64. The number of likely N-dealkylation sites (N-methyl/N-ethyl adjacent to an activating group) is 1. The van der Waals surface area contributed by atoms with E-state index in [2.05, 4.69) is 24.1 Å². The Kier molecular flexibility index (Phi) is 3.95. The van der Waals surface area contributed by atoms with Crippen LogP contribution in [0.15, 0.2) is 18.2 Å². The van der Waals surface area contributed by atoms with Crippen LogP contribution in [0.5, 0.6) is 5.75 Å². The Balaban J connectivity index is 2.13. The lowest BCUT2D eigenvalue weighted by molar-refractivity contribution is -0.0127. The molecule has 3 rings (SSSR count). The minimum Gasteiger partial charge on any atom is -0.497 e. The van der Waals surface area contributed by atoms with Crippen LogP contribution < -0.4 is 4.74 Å². The molecule has 3 atom stereocenters. The fourth-order valence-electron chi connectivity index (χ4n) is 4.47. The number of piperidine rings is 1. The number of fused-ring (bicyclic) bond motifs is 4. The number of methoxy groups -OCH3 is 1. The molecule has 2 aliphatic rings. The van der Waals surface area contributed by atoms with Crippen LogP contribution in [-0.4, -0.2) is 55.1 Å². The van der Waals surface area contributed by atoms with E-state index >= 15 is 0 Å². The van der Waals surface area contributed by atoms with Gasteiger partial charge in [0, 0.05) is 18.1 Å². The maximum absolute atomic E-state index is 10.2. The van der Waals surface area contributed by atoms with Gasteiger partial charge in [0.25, 0.3) is 0 Å². The normalized spacial score (nSPS) is 31.8. The summed E-state index contributed by atoms with van der Waals surface area (Å²) in [6.07, 6.45) is 2.66. The van der Waals surface area contributed by atoms with Crippen molar-refractivity contribution >= 4 is 0 Å². The lowest BCUT2D eigenvalue weighted by atomic mass is 9.57. The molecule has 1 aliphatic carbocycles. The van der Waals surface area contributed by atoms with Crippen molar-refractivity contribution < 1.29 is 14.9 Å². The van der Waals surface area contributed by atoms with Crippen molar-refractivity contribution in [3.63, 3.8) is 0 Å². The molecule has 116 valence electrons. The van der Waals surface area contributed by atoms with E-state index in [-0.39, 0.29) is 18.6 Å². The van der Waals surface area contributed by atoms with Gasteiger partial charge in [0.15, 0.2) is 0 Å². The summed E-state index contributed by atoms with van der Waals surface area (Å²) >= 11 is 0. The standard InChI is InChI=1S/C17H25NO3/c1-18-7-6-17(11-20)14(5-8-19)16(18)9-12-3-4-13(21-2)10-15(12)17/h3-4,10,14,16,19-20H,5-9,11H2,1-2H3/t14-,16?,17?/m1/s1. The van der Waals surface area contributed by atoms with Crippen molar-refractivity contribution in [1.82, 2.24) is 4.90 Å². The van der Waals surface area contributed by atoms with Gasteiger partial charge in [-0.15, -0.1) is 0 Å². The second-order valence-electron chi connectivity index (χ2n) is 6.46. The van der Waals surface area contributed by atoms with E-state index in [0.717, 1.165) is 31.6 Å². The number of rotatable bonds is 4. The Bertz CT molecular complexity index is 519. The predicted molar refractivity (Wildman–Crippen MR) is 81.7 cm³/mol. The van der Waals surface area contributed by atoms with Gasteiger partial charge >= 0.3 is 0 Å². The highest BCUT2D eigenvalue weighted by atomic mass is 16.5. The van der Waals surface area contributed by atoms with E-state index < -0.39 is 0 Å². The molecule has 0 spiro atoms. The molecule has 2 bridgehead atoms. The molecule has 0 amide bonds. The second-order valence-corrected chi connectivity index (χ2v) is 6.46. The first-order chi connectivity index (χ1) is 10.2. The summed E-state index contributed by atoms with van der Waals surface area (Å²) in [5.41, 5.74) is 2.31. The van der Waals surface area contributed by atoms with E-state index in [1.807, 2.05) is 6.07 Å². The summed E-state index contributed by atoms with van der Waals surface area (Å²) < 4.78 is 5.38. The molecular weight excluding hydrogens is 266 g/mol. The zero-order chi connectivity index (χ0) is 15.0. The monoisotopic (exact) mass is 291 g/mol. The lowest BCUT2D eigenvalue weighted by Gasteiger charge is -2.55. The molecule has 4 heteroatoms. The van der Waals surface area contributed by atoms with E-state index in [4.69, 9.17) is 4.74 Å². The minimum atomic E-state index is -0.234. The Hall–Kier alpha value is -1.10. The van der Waals surface area contributed by atoms with Gasteiger partial charge in [-0.2, -0.15) is 0 Å². The van der Waals surface area contributed by atoms with E-state index in [9.17, 15) is 10.2 Å². The van der Waals surface area contributed by atoms with Crippen molar-refractivity contribution in [1.29, 1.82) is 0 Å². The van der Waals surface area contributed by atoms with Gasteiger partial charge in [-0.25, -0.2) is 0 Å². The Morgan fingerprint density at radius 2 is 2.19 bits per heavy atom. The molecule has 1 aromatic rings. The minimum absolute atomic E-state index is 0.141. The fraction of sp³-hybridized carbons (Fsp3) is 0.647. The largest absolute Gasteiger partial charge is 0.497 e. The van der Waals surface area contributed by atoms with Crippen molar-refractivity contribution in [2.75, 3.05) is 33.9 Å². The van der Waals surface area contributed by atoms with Gasteiger partial charge in [0.1, 0.15) is 5.75 Å². The molecule has 4 nitrogen and oxygen atoms in total. The van der Waals surface area contributed by atoms with Crippen LogP contribution in [-0.2, 0) is 11.8 Å². The van der Waals surface area contributed by atoms with Gasteiger partial charge in [0.05, 0.1) is 13.7 Å². The van der Waals surface area contributed by atoms with E-state index in [0.29, 0.717) is 12.0 Å². The zero-order valence-electron chi connectivity index (χ0n) is 12.9. The van der Waals surface area contributed by atoms with Crippen molar-refractivity contribution in [2.45, 2.75) is 30.7 Å². The van der Waals surface area contributed by atoms with Gasteiger partial charge in [0.2, 0.25) is 0 Å². The molecular formula is C17H25NO3. The quantitative estimate of drug-likeness (QED) is 0.875. The maximum Gasteiger partial charge on any atom is 0.119 e. The highest BCUT2D eigenvalue weighted by Crippen LogP contribution is 2.50. The average molecular weight is 291 g/mol. The van der Waals surface area contributed by atoms with Crippen molar-refractivity contribution in [3.8, 4) is 5.75 Å². The summed E-state index contributed by atoms with van der Waals surface area (Å²) in [5, 5.41) is 19.7. The molecule has 1 fully saturated rings. The van der Waals surface area contributed by atoms with E-state index in [1.165, 1.54) is 11.1 Å². The summed E-state index contributed by atoms with van der Waals surface area (Å²) in [7, 11) is 3.84. The van der Waals surface area contributed by atoms with Crippen LogP contribution in [0.25, 0.3) is 0 Å². The van der Waals surface area contributed by atoms with Gasteiger partial charge < -0.3 is 19.8 Å². The lowest BCUT2D eigenvalue weighted by Crippen LogP contribution is -2.60. The number of nitrogens with zero attached hydrogens (tertiary/aromatic N) is 1. The molecule has 2 unspecified atom stereocenters. The number of aliphatic hydroxyl groups excluding tert-OH is 2. The molecule has 21 heavy (non-hydrogen) atoms. The van der Waals surface area contributed by atoms with Crippen LogP contribution in [0, 0.1) is 5.92 Å². The maximum atomic E-state index is 10.2. The van der Waals surface area contributed by atoms with Crippen LogP contribution in [0.4, 0.5) is 0 Å². The third kappa shape index (κ3) is 2.17. The topological polar surface area (TPSA) is 52.9 Å². The summed E-state index contributed by atoms with van der Waals surface area (Å²) in [5.74, 6) is 1.15. The molecule has 1 saturated heterocycles. The third-order valence-electron chi connectivity index (χ3n) is 5.66. The van der Waals surface area contributed by atoms with Crippen LogP contribution in [0.2, 0.25) is 0 Å². The first-order valence-electron chi connectivity index (χ1n) is 7.75. The number of hydrogen-bond donors (Lipinski definition) is 2. The van der Waals surface area contributed by atoms with Crippen LogP contribution in [0.1, 0.15) is 24.0 Å². The Morgan fingerprint density at radius 1 is 1.38 bits per heavy atom. The predicted octanol–water partition coefficient (Wildman–Crippen LogP) is 1.18. The molecule has 1 aliphatic heterocycles. The fourth-order valence-corrected chi connectivity index (χ4v) is 4.47. The third-order valence-corrected chi connectivity index (χ3v) is 5.66. The summed E-state index contributed by atoms with van der Waals surface area (Å²) in [6.45, 7) is 1.31. The average Bonchev–Trinajstić information content (AvgIpc) is 2.51. The summed E-state index contributed by atoms with van der Waals surface area (Å²) in [4.78, 5) is 2.39.